The molecule has 4 aromatic carbocycles. The molecule has 0 aliphatic heterocycles. The van der Waals surface area contributed by atoms with Crippen LogP contribution in [0.25, 0.3) is 27.2 Å². The van der Waals surface area contributed by atoms with Gasteiger partial charge in [0.2, 0.25) is 10.0 Å². The van der Waals surface area contributed by atoms with Crippen LogP contribution in [0.3, 0.4) is 0 Å². The molecule has 7 aromatic rings. The maximum Gasteiger partial charge on any atom is 0.243 e. The van der Waals surface area contributed by atoms with E-state index < -0.39 is 10.0 Å². The molecular formula is C42H42N6O4S2. The minimum atomic E-state index is -3.89. The van der Waals surface area contributed by atoms with Gasteiger partial charge in [0.1, 0.15) is 34.8 Å². The summed E-state index contributed by atoms with van der Waals surface area (Å²) >= 11 is 1.58. The van der Waals surface area contributed by atoms with E-state index in [0.717, 1.165) is 55.2 Å². The van der Waals surface area contributed by atoms with E-state index in [4.69, 9.17) is 14.6 Å². The average molecular weight is 759 g/mol. The Balaban J connectivity index is 1.19. The molecule has 0 aliphatic rings. The number of thiophene rings is 1. The SMILES string of the molecule is COc1ccc(CN(Cc2ccc(OC)cc2)S(=O)(=O)c2ccc(Cc3cn(-c4csc5c(NC(C)(C)C)ncnc45)nc3-c3ccccc3)cc2)cc1. The van der Waals surface area contributed by atoms with Crippen molar-refractivity contribution in [2.24, 2.45) is 0 Å². The molecule has 0 unspecified atom stereocenters. The summed E-state index contributed by atoms with van der Waals surface area (Å²) in [4.78, 5) is 9.38. The van der Waals surface area contributed by atoms with Gasteiger partial charge in [0.05, 0.1) is 29.5 Å². The van der Waals surface area contributed by atoms with Crippen molar-refractivity contribution in [2.45, 2.75) is 50.7 Å². The number of benzene rings is 4. The van der Waals surface area contributed by atoms with E-state index in [0.29, 0.717) is 17.9 Å². The first-order valence-electron chi connectivity index (χ1n) is 17.5. The smallest absolute Gasteiger partial charge is 0.243 e. The van der Waals surface area contributed by atoms with Crippen molar-refractivity contribution in [3.8, 4) is 28.4 Å². The van der Waals surface area contributed by atoms with Crippen LogP contribution in [0.5, 0.6) is 11.5 Å². The Morgan fingerprint density at radius 1 is 0.778 bits per heavy atom. The van der Waals surface area contributed by atoms with Crippen LogP contribution in [0, 0.1) is 0 Å². The Hall–Kier alpha value is -5.56. The zero-order valence-corrected chi connectivity index (χ0v) is 32.5. The molecule has 0 fully saturated rings. The molecule has 0 spiro atoms. The van der Waals surface area contributed by atoms with E-state index in [1.54, 1.807) is 44.0 Å². The molecule has 7 rings (SSSR count). The second-order valence-corrected chi connectivity index (χ2v) is 16.8. The third-order valence-corrected chi connectivity index (χ3v) is 11.7. The van der Waals surface area contributed by atoms with Gasteiger partial charge in [-0.15, -0.1) is 11.3 Å². The third-order valence-electron chi connectivity index (χ3n) is 8.90. The molecule has 0 saturated carbocycles. The first-order valence-corrected chi connectivity index (χ1v) is 19.8. The number of sulfonamides is 1. The van der Waals surface area contributed by atoms with Crippen molar-refractivity contribution in [1.29, 1.82) is 0 Å². The van der Waals surface area contributed by atoms with E-state index in [2.05, 4.69) is 41.4 Å². The van der Waals surface area contributed by atoms with Crippen LogP contribution in [-0.2, 0) is 29.5 Å². The normalized spacial score (nSPS) is 12.0. The van der Waals surface area contributed by atoms with Crippen molar-refractivity contribution < 1.29 is 17.9 Å². The van der Waals surface area contributed by atoms with Gasteiger partial charge < -0.3 is 14.8 Å². The molecule has 3 heterocycles. The third kappa shape index (κ3) is 8.15. The first kappa shape index (κ1) is 36.8. The van der Waals surface area contributed by atoms with Gasteiger partial charge in [0, 0.05) is 47.8 Å². The molecule has 0 bridgehead atoms. The fourth-order valence-electron chi connectivity index (χ4n) is 6.19. The van der Waals surface area contributed by atoms with Crippen molar-refractivity contribution in [3.05, 3.63) is 143 Å². The monoisotopic (exact) mass is 758 g/mol. The molecule has 54 heavy (non-hydrogen) atoms. The highest BCUT2D eigenvalue weighted by atomic mass is 32.2. The summed E-state index contributed by atoms with van der Waals surface area (Å²) in [6, 6.07) is 32.1. The number of nitrogens with one attached hydrogen (secondary N) is 1. The Morgan fingerprint density at radius 2 is 1.37 bits per heavy atom. The van der Waals surface area contributed by atoms with Crippen molar-refractivity contribution in [3.63, 3.8) is 0 Å². The maximum absolute atomic E-state index is 14.3. The van der Waals surface area contributed by atoms with E-state index in [1.165, 1.54) is 4.31 Å². The van der Waals surface area contributed by atoms with Crippen molar-refractivity contribution in [1.82, 2.24) is 24.1 Å². The summed E-state index contributed by atoms with van der Waals surface area (Å²) in [5, 5.41) is 10.6. The lowest BCUT2D eigenvalue weighted by Crippen LogP contribution is -2.30. The van der Waals surface area contributed by atoms with Crippen LogP contribution in [0.15, 0.2) is 126 Å². The molecule has 0 aliphatic carbocycles. The quantitative estimate of drug-likeness (QED) is 0.124. The lowest BCUT2D eigenvalue weighted by molar-refractivity contribution is 0.397. The standard InChI is InChI=1S/C42H42N6O4S2/c1-42(2,3)45-41-40-39(43-28-44-41)37(27-53-40)48-26-33(38(46-48)32-9-7-6-8-10-32)23-29-15-21-36(22-16-29)54(49,50)47(24-30-11-17-34(51-4)18-12-30)25-31-13-19-35(52-5)20-14-31/h6-22,26-28H,23-25H2,1-5H3,(H,43,44,45). The number of aromatic nitrogens is 4. The van der Waals surface area contributed by atoms with Crippen molar-refractivity contribution in [2.75, 3.05) is 19.5 Å². The minimum absolute atomic E-state index is 0.162. The lowest BCUT2D eigenvalue weighted by Gasteiger charge is -2.23. The topological polar surface area (TPSA) is 111 Å². The number of fused-ring (bicyclic) bond motifs is 1. The number of hydrogen-bond acceptors (Lipinski definition) is 9. The zero-order chi connectivity index (χ0) is 37.9. The fourth-order valence-corrected chi connectivity index (χ4v) is 8.54. The second kappa shape index (κ2) is 15.4. The molecule has 0 radical (unpaired) electrons. The molecule has 0 amide bonds. The van der Waals surface area contributed by atoms with Crippen molar-refractivity contribution >= 4 is 37.4 Å². The summed E-state index contributed by atoms with van der Waals surface area (Å²) in [6.07, 6.45) is 4.17. The molecule has 12 heteroatoms. The van der Waals surface area contributed by atoms with Gasteiger partial charge in [-0.1, -0.05) is 66.7 Å². The summed E-state index contributed by atoms with van der Waals surface area (Å²) in [6.45, 7) is 6.69. The highest BCUT2D eigenvalue weighted by molar-refractivity contribution is 7.89. The predicted octanol–water partition coefficient (Wildman–Crippen LogP) is 8.75. The Kier molecular flexibility index (Phi) is 10.5. The van der Waals surface area contributed by atoms with Gasteiger partial charge in [-0.2, -0.15) is 9.40 Å². The number of methoxy groups -OCH3 is 2. The zero-order valence-electron chi connectivity index (χ0n) is 30.9. The second-order valence-electron chi connectivity index (χ2n) is 14.0. The van der Waals surface area contributed by atoms with Crippen LogP contribution in [-0.4, -0.2) is 52.2 Å². The van der Waals surface area contributed by atoms with E-state index in [-0.39, 0.29) is 23.5 Å². The summed E-state index contributed by atoms with van der Waals surface area (Å²) in [5.74, 6) is 2.21. The van der Waals surface area contributed by atoms with Gasteiger partial charge >= 0.3 is 0 Å². The van der Waals surface area contributed by atoms with E-state index in [1.807, 2.05) is 102 Å². The van der Waals surface area contributed by atoms with Gasteiger partial charge in [-0.05, 0) is 73.9 Å². The van der Waals surface area contributed by atoms with Gasteiger partial charge in [-0.25, -0.2) is 23.1 Å². The number of nitrogens with zero attached hydrogens (tertiary/aromatic N) is 5. The molecule has 3 aromatic heterocycles. The lowest BCUT2D eigenvalue weighted by atomic mass is 10.0. The van der Waals surface area contributed by atoms with E-state index in [9.17, 15) is 8.42 Å². The van der Waals surface area contributed by atoms with Gasteiger partial charge in [0.25, 0.3) is 0 Å². The minimum Gasteiger partial charge on any atom is -0.497 e. The predicted molar refractivity (Wildman–Crippen MR) is 215 cm³/mol. The molecule has 10 nitrogen and oxygen atoms in total. The largest absolute Gasteiger partial charge is 0.497 e. The van der Waals surface area contributed by atoms with Crippen LogP contribution < -0.4 is 14.8 Å². The van der Waals surface area contributed by atoms with Gasteiger partial charge in [0.15, 0.2) is 0 Å². The Labute approximate surface area is 320 Å². The highest BCUT2D eigenvalue weighted by Gasteiger charge is 2.26. The number of hydrogen-bond donors (Lipinski definition) is 1. The number of anilines is 1. The Bertz CT molecular complexity index is 2410. The first-order chi connectivity index (χ1) is 26.0. The number of rotatable bonds is 13. The van der Waals surface area contributed by atoms with Crippen LogP contribution in [0.2, 0.25) is 0 Å². The number of ether oxygens (including phenoxy) is 2. The van der Waals surface area contributed by atoms with Crippen LogP contribution in [0.4, 0.5) is 5.82 Å². The fraction of sp³-hybridized carbons (Fsp3) is 0.214. The summed E-state index contributed by atoms with van der Waals surface area (Å²) < 4.78 is 43.6. The van der Waals surface area contributed by atoms with Crippen LogP contribution in [0.1, 0.15) is 43.0 Å². The maximum atomic E-state index is 14.3. The van der Waals surface area contributed by atoms with E-state index >= 15 is 0 Å². The highest BCUT2D eigenvalue weighted by Crippen LogP contribution is 2.34. The molecule has 276 valence electrons. The molecule has 1 N–H and O–H groups in total. The molecule has 0 saturated heterocycles. The summed E-state index contributed by atoms with van der Waals surface area (Å²) in [5.41, 5.74) is 7.01. The molecule has 0 atom stereocenters. The summed E-state index contributed by atoms with van der Waals surface area (Å²) in [7, 11) is -0.679. The van der Waals surface area contributed by atoms with Crippen LogP contribution >= 0.6 is 11.3 Å². The van der Waals surface area contributed by atoms with Gasteiger partial charge in [-0.3, -0.25) is 0 Å². The average Bonchev–Trinajstić information content (AvgIpc) is 3.80. The Morgan fingerprint density at radius 3 is 1.94 bits per heavy atom. The molecular weight excluding hydrogens is 717 g/mol.